The number of para-hydroxylation sites is 2. The molecule has 5 aromatic rings. The number of allylic oxidation sites excluding steroid dienone is 5. The molecule has 1 aromatic heterocycles. The first-order chi connectivity index (χ1) is 27.3. The van der Waals surface area contributed by atoms with Crippen molar-refractivity contribution < 1.29 is 23.6 Å². The van der Waals surface area contributed by atoms with E-state index in [-0.39, 0.29) is 13.2 Å². The summed E-state index contributed by atoms with van der Waals surface area (Å²) in [6, 6.07) is 32.5. The lowest BCUT2D eigenvalue weighted by Gasteiger charge is -2.28. The Balaban J connectivity index is 1.32. The van der Waals surface area contributed by atoms with Crippen molar-refractivity contribution >= 4 is 91.6 Å². The minimum Gasteiger partial charge on any atom is -0.461 e. The molecule has 11 heteroatoms. The van der Waals surface area contributed by atoms with Crippen molar-refractivity contribution in [1.29, 1.82) is 0 Å². The molecule has 2 heterocycles. The third kappa shape index (κ3) is 8.87. The standard InChI is InChI=1S/C45H38Cl2N3O4S2/c1-3-43(51)53-27-25-48-37-29-33(46)19-21-39(37)55-41(48)23-17-31-15-16-32(45(31)50(35-11-7-5-8-12-35)36-13-9-6-10-14-36)18-24-42-49(26-28-54-44(52)4-2)38-30-34(47)20-22-40(38)56-42/h3-14,17-24,29-30H,1-2,15-16,25-28H2/q+1. The van der Waals surface area contributed by atoms with Crippen molar-refractivity contribution in [2.75, 3.05) is 29.6 Å². The van der Waals surface area contributed by atoms with E-state index in [1.165, 1.54) is 23.3 Å². The normalized spacial score (nSPS) is 15.2. The molecular formula is C45H38Cl2N3O4S2+. The molecule has 0 saturated heterocycles. The minimum absolute atomic E-state index is 0.196. The monoisotopic (exact) mass is 818 g/mol. The number of ether oxygens (including phenoxy) is 2. The highest BCUT2D eigenvalue weighted by molar-refractivity contribution is 8.03. The summed E-state index contributed by atoms with van der Waals surface area (Å²) in [5, 5.41) is 3.27. The van der Waals surface area contributed by atoms with Gasteiger partial charge in [0.1, 0.15) is 11.3 Å². The summed E-state index contributed by atoms with van der Waals surface area (Å²) in [5.41, 5.74) is 7.47. The van der Waals surface area contributed by atoms with E-state index in [0.29, 0.717) is 23.1 Å². The van der Waals surface area contributed by atoms with Crippen molar-refractivity contribution in [3.63, 3.8) is 0 Å². The average Bonchev–Trinajstić information content (AvgIpc) is 3.89. The molecule has 0 saturated carbocycles. The molecule has 56 heavy (non-hydrogen) atoms. The molecule has 0 radical (unpaired) electrons. The molecule has 7 nitrogen and oxygen atoms in total. The summed E-state index contributed by atoms with van der Waals surface area (Å²) >= 11 is 16.2. The number of hydrogen-bond acceptors (Lipinski definition) is 8. The van der Waals surface area contributed by atoms with Crippen LogP contribution in [0.4, 0.5) is 17.1 Å². The van der Waals surface area contributed by atoms with Gasteiger partial charge in [-0.3, -0.25) is 0 Å². The van der Waals surface area contributed by atoms with Crippen molar-refractivity contribution in [3.8, 4) is 0 Å². The zero-order valence-corrected chi connectivity index (χ0v) is 33.6. The number of anilines is 3. The molecule has 1 aliphatic carbocycles. The van der Waals surface area contributed by atoms with Gasteiger partial charge in [-0.15, -0.1) is 0 Å². The van der Waals surface area contributed by atoms with Crippen LogP contribution < -0.4 is 14.4 Å². The van der Waals surface area contributed by atoms with Crippen molar-refractivity contribution in [2.45, 2.75) is 24.3 Å². The first kappa shape index (κ1) is 38.9. The van der Waals surface area contributed by atoms with E-state index >= 15 is 0 Å². The summed E-state index contributed by atoms with van der Waals surface area (Å²) in [6.07, 6.45) is 12.7. The van der Waals surface area contributed by atoms with Gasteiger partial charge in [-0.2, -0.15) is 4.57 Å². The van der Waals surface area contributed by atoms with E-state index < -0.39 is 11.9 Å². The Kier molecular flexibility index (Phi) is 12.6. The fourth-order valence-corrected chi connectivity index (χ4v) is 9.15. The highest BCUT2D eigenvalue weighted by Gasteiger charge is 2.29. The second-order valence-corrected chi connectivity index (χ2v) is 15.7. The van der Waals surface area contributed by atoms with Crippen LogP contribution in [-0.4, -0.2) is 31.7 Å². The van der Waals surface area contributed by atoms with Gasteiger partial charge in [0.15, 0.2) is 13.2 Å². The maximum Gasteiger partial charge on any atom is 0.330 e. The van der Waals surface area contributed by atoms with Crippen molar-refractivity contribution in [1.82, 2.24) is 0 Å². The number of fused-ring (bicyclic) bond motifs is 2. The van der Waals surface area contributed by atoms with Gasteiger partial charge in [-0.05, 0) is 90.7 Å². The number of carbonyl (C=O) groups is 2. The first-order valence-corrected chi connectivity index (χ1v) is 20.4. The highest BCUT2D eigenvalue weighted by atomic mass is 35.5. The van der Waals surface area contributed by atoms with Gasteiger partial charge in [0, 0.05) is 50.6 Å². The van der Waals surface area contributed by atoms with E-state index in [2.05, 4.69) is 100 Å². The Hall–Kier alpha value is -5.32. The second kappa shape index (κ2) is 18.1. The molecule has 2 aliphatic rings. The fourth-order valence-electron chi connectivity index (χ4n) is 6.68. The molecule has 0 bridgehead atoms. The van der Waals surface area contributed by atoms with E-state index in [9.17, 15) is 9.59 Å². The number of esters is 2. The third-order valence-corrected chi connectivity index (χ3v) is 11.9. The van der Waals surface area contributed by atoms with Crippen LogP contribution in [0.3, 0.4) is 0 Å². The Labute approximate surface area is 344 Å². The summed E-state index contributed by atoms with van der Waals surface area (Å²) in [7, 11) is 0. The van der Waals surface area contributed by atoms with Crippen molar-refractivity contribution in [2.24, 2.45) is 0 Å². The third-order valence-electron chi connectivity index (χ3n) is 9.22. The number of hydrogen-bond donors (Lipinski definition) is 0. The van der Waals surface area contributed by atoms with Gasteiger partial charge in [0.05, 0.1) is 23.0 Å². The number of benzene rings is 4. The first-order valence-electron chi connectivity index (χ1n) is 18.0. The number of aromatic nitrogens is 1. The Morgan fingerprint density at radius 1 is 0.804 bits per heavy atom. The number of halogens is 2. The van der Waals surface area contributed by atoms with Crippen LogP contribution in [0.2, 0.25) is 10.0 Å². The summed E-state index contributed by atoms with van der Waals surface area (Å²) < 4.78 is 14.0. The number of carbonyl (C=O) groups excluding carboxylic acids is 2. The number of rotatable bonds is 14. The van der Waals surface area contributed by atoms with Gasteiger partial charge in [0.2, 0.25) is 5.52 Å². The molecule has 0 fully saturated rings. The molecular weight excluding hydrogens is 782 g/mol. The largest absolute Gasteiger partial charge is 0.461 e. The maximum absolute atomic E-state index is 11.9. The zero-order valence-electron chi connectivity index (χ0n) is 30.4. The topological polar surface area (TPSA) is 63.0 Å². The average molecular weight is 820 g/mol. The fraction of sp³-hybridized carbons (Fsp3) is 0.133. The molecule has 0 spiro atoms. The van der Waals surface area contributed by atoms with Crippen LogP contribution in [0.5, 0.6) is 0 Å². The van der Waals surface area contributed by atoms with Gasteiger partial charge in [-0.25, -0.2) is 9.59 Å². The zero-order chi connectivity index (χ0) is 39.0. The molecule has 0 amide bonds. The van der Waals surface area contributed by atoms with Gasteiger partial charge >= 0.3 is 11.9 Å². The van der Waals surface area contributed by atoms with Crippen LogP contribution in [0.15, 0.2) is 167 Å². The summed E-state index contributed by atoms with van der Waals surface area (Å²) in [5.74, 6) is -0.916. The lowest BCUT2D eigenvalue weighted by Crippen LogP contribution is -2.37. The summed E-state index contributed by atoms with van der Waals surface area (Å²) in [6.45, 7) is 8.35. The van der Waals surface area contributed by atoms with E-state index in [1.807, 2.05) is 48.5 Å². The molecule has 0 atom stereocenters. The molecule has 282 valence electrons. The Morgan fingerprint density at radius 2 is 1.46 bits per heavy atom. The SMILES string of the molecule is C=CC(=O)OCCN1C(=CC=C2CCC(C=Cc3sc4ccc(Cl)cc4[n+]3CCOC(=O)C=C)=C2N(c2ccccc2)c2ccccc2)Sc2ccc(Cl)cc21. The molecule has 7 rings (SSSR count). The van der Waals surface area contributed by atoms with Gasteiger partial charge in [-0.1, -0.05) is 102 Å². The molecule has 4 aromatic carbocycles. The quantitative estimate of drug-likeness (QED) is 0.0628. The van der Waals surface area contributed by atoms with Crippen LogP contribution in [0.1, 0.15) is 17.8 Å². The van der Waals surface area contributed by atoms with Crippen LogP contribution in [0, 0.1) is 0 Å². The number of thioether (sulfide) groups is 1. The van der Waals surface area contributed by atoms with Crippen LogP contribution in [-0.2, 0) is 25.6 Å². The number of thiazole rings is 1. The maximum atomic E-state index is 11.9. The molecule has 0 N–H and O–H groups in total. The lowest BCUT2D eigenvalue weighted by molar-refractivity contribution is -0.669. The Morgan fingerprint density at radius 3 is 2.16 bits per heavy atom. The van der Waals surface area contributed by atoms with Crippen LogP contribution in [0.25, 0.3) is 16.3 Å². The van der Waals surface area contributed by atoms with Gasteiger partial charge in [0.25, 0.3) is 5.01 Å². The Bertz CT molecular complexity index is 2380. The molecule has 1 aliphatic heterocycles. The van der Waals surface area contributed by atoms with Gasteiger partial charge < -0.3 is 19.3 Å². The predicted molar refractivity (Wildman–Crippen MR) is 230 cm³/mol. The van der Waals surface area contributed by atoms with Crippen molar-refractivity contribution in [3.05, 3.63) is 178 Å². The van der Waals surface area contributed by atoms with Crippen LogP contribution >= 0.6 is 46.3 Å². The van der Waals surface area contributed by atoms with E-state index in [1.54, 1.807) is 23.1 Å². The number of nitrogens with zero attached hydrogens (tertiary/aromatic N) is 3. The highest BCUT2D eigenvalue weighted by Crippen LogP contribution is 2.48. The second-order valence-electron chi connectivity index (χ2n) is 12.7. The lowest BCUT2D eigenvalue weighted by atomic mass is 10.1. The predicted octanol–water partition coefficient (Wildman–Crippen LogP) is 11.2. The summed E-state index contributed by atoms with van der Waals surface area (Å²) in [4.78, 5) is 29.3. The van der Waals surface area contributed by atoms with E-state index in [4.69, 9.17) is 32.7 Å². The molecule has 0 unspecified atom stereocenters. The minimum atomic E-state index is -0.458. The smallest absolute Gasteiger partial charge is 0.330 e. The van der Waals surface area contributed by atoms with E-state index in [0.717, 1.165) is 60.7 Å².